The van der Waals surface area contributed by atoms with E-state index in [9.17, 15) is 0 Å². The predicted octanol–water partition coefficient (Wildman–Crippen LogP) is 1.35. The Bertz CT molecular complexity index is 470. The number of oxime groups is 1. The summed E-state index contributed by atoms with van der Waals surface area (Å²) in [6.07, 6.45) is 2.63. The van der Waals surface area contributed by atoms with Crippen LogP contribution in [0.3, 0.4) is 0 Å². The van der Waals surface area contributed by atoms with Crippen molar-refractivity contribution in [2.45, 2.75) is 0 Å². The highest BCUT2D eigenvalue weighted by Crippen LogP contribution is 2.11. The van der Waals surface area contributed by atoms with Gasteiger partial charge in [0.15, 0.2) is 5.82 Å². The highest BCUT2D eigenvalue weighted by atomic mass is 16.4. The summed E-state index contributed by atoms with van der Waals surface area (Å²) >= 11 is 0. The van der Waals surface area contributed by atoms with Gasteiger partial charge in [0.2, 0.25) is 0 Å². The number of hydrogen-bond donors (Lipinski definition) is 1. The van der Waals surface area contributed by atoms with Gasteiger partial charge >= 0.3 is 0 Å². The van der Waals surface area contributed by atoms with E-state index in [1.165, 1.54) is 12.4 Å². The van der Waals surface area contributed by atoms with E-state index in [0.717, 1.165) is 5.56 Å². The van der Waals surface area contributed by atoms with Crippen molar-refractivity contribution in [1.29, 1.82) is 0 Å². The lowest BCUT2D eigenvalue weighted by Gasteiger charge is -1.98. The Morgan fingerprint density at radius 2 is 2.00 bits per heavy atom. The van der Waals surface area contributed by atoms with Crippen LogP contribution < -0.4 is 0 Å². The van der Waals surface area contributed by atoms with Crippen LogP contribution in [0.15, 0.2) is 41.7 Å². The molecular weight excluding hydrogens is 192 g/mol. The second-order valence-electron chi connectivity index (χ2n) is 2.82. The van der Waals surface area contributed by atoms with Gasteiger partial charge in [0, 0.05) is 5.56 Å². The van der Waals surface area contributed by atoms with Crippen LogP contribution in [0.5, 0.6) is 0 Å². The van der Waals surface area contributed by atoms with Crippen LogP contribution >= 0.6 is 0 Å². The lowest BCUT2D eigenvalue weighted by molar-refractivity contribution is 0.321. The normalized spacial score (nSPS) is 10.7. The number of rotatable bonds is 2. The average molecular weight is 200 g/mol. The zero-order chi connectivity index (χ0) is 10.5. The quantitative estimate of drug-likeness (QED) is 0.451. The first-order valence-corrected chi connectivity index (χ1v) is 4.33. The summed E-state index contributed by atoms with van der Waals surface area (Å²) in [5, 5.41) is 18.9. The van der Waals surface area contributed by atoms with Crippen LogP contribution in [0, 0.1) is 0 Å². The van der Waals surface area contributed by atoms with Gasteiger partial charge in [-0.05, 0) is 0 Å². The molecule has 15 heavy (non-hydrogen) atoms. The molecular formula is C10H8N4O. The van der Waals surface area contributed by atoms with E-state index in [1.807, 2.05) is 30.3 Å². The molecule has 1 aromatic heterocycles. The Balaban J connectivity index is 2.41. The molecule has 5 heteroatoms. The van der Waals surface area contributed by atoms with Gasteiger partial charge in [0.25, 0.3) is 0 Å². The topological polar surface area (TPSA) is 71.3 Å². The molecule has 0 fully saturated rings. The standard InChI is InChI=1S/C10H8N4O/c15-12-7-9-6-11-14-10(13-9)8-4-2-1-3-5-8/h1-7,15H/b12-7+. The van der Waals surface area contributed by atoms with Crippen LogP contribution in [-0.4, -0.2) is 26.6 Å². The Kier molecular flexibility index (Phi) is 2.64. The maximum Gasteiger partial charge on any atom is 0.182 e. The van der Waals surface area contributed by atoms with Crippen molar-refractivity contribution >= 4 is 6.21 Å². The van der Waals surface area contributed by atoms with Crippen molar-refractivity contribution in [3.05, 3.63) is 42.2 Å². The predicted molar refractivity (Wildman–Crippen MR) is 54.6 cm³/mol. The van der Waals surface area contributed by atoms with Gasteiger partial charge in [0.1, 0.15) is 5.69 Å². The largest absolute Gasteiger partial charge is 0.411 e. The number of nitrogens with zero attached hydrogens (tertiary/aromatic N) is 4. The average Bonchev–Trinajstić information content (AvgIpc) is 2.31. The van der Waals surface area contributed by atoms with E-state index in [2.05, 4.69) is 20.3 Å². The van der Waals surface area contributed by atoms with E-state index >= 15 is 0 Å². The molecule has 5 nitrogen and oxygen atoms in total. The van der Waals surface area contributed by atoms with E-state index in [-0.39, 0.29) is 0 Å². The van der Waals surface area contributed by atoms with Crippen LogP contribution in [0.4, 0.5) is 0 Å². The molecule has 0 spiro atoms. The molecule has 0 unspecified atom stereocenters. The van der Waals surface area contributed by atoms with E-state index in [1.54, 1.807) is 0 Å². The molecule has 1 N–H and O–H groups in total. The molecule has 2 rings (SSSR count). The van der Waals surface area contributed by atoms with Crippen LogP contribution in [-0.2, 0) is 0 Å². The fourth-order valence-corrected chi connectivity index (χ4v) is 1.15. The molecule has 2 aromatic rings. The van der Waals surface area contributed by atoms with Crippen LogP contribution in [0.2, 0.25) is 0 Å². The van der Waals surface area contributed by atoms with Crippen molar-refractivity contribution in [2.75, 3.05) is 0 Å². The summed E-state index contributed by atoms with van der Waals surface area (Å²) in [7, 11) is 0. The second kappa shape index (κ2) is 4.28. The van der Waals surface area contributed by atoms with Gasteiger partial charge in [-0.1, -0.05) is 35.5 Å². The monoisotopic (exact) mass is 200 g/mol. The van der Waals surface area contributed by atoms with Crippen molar-refractivity contribution in [2.24, 2.45) is 5.16 Å². The minimum atomic E-state index is 0.464. The van der Waals surface area contributed by atoms with Gasteiger partial charge in [0.05, 0.1) is 12.4 Å². The number of benzene rings is 1. The maximum absolute atomic E-state index is 8.36. The Morgan fingerprint density at radius 1 is 1.20 bits per heavy atom. The number of aromatic nitrogens is 3. The molecule has 0 radical (unpaired) electrons. The zero-order valence-corrected chi connectivity index (χ0v) is 7.78. The summed E-state index contributed by atoms with van der Waals surface area (Å²) in [6, 6.07) is 9.47. The van der Waals surface area contributed by atoms with Crippen LogP contribution in [0.25, 0.3) is 11.4 Å². The Morgan fingerprint density at radius 3 is 2.73 bits per heavy atom. The first-order valence-electron chi connectivity index (χ1n) is 4.33. The Hall–Kier alpha value is -2.30. The first kappa shape index (κ1) is 9.26. The van der Waals surface area contributed by atoms with Crippen molar-refractivity contribution in [3.8, 4) is 11.4 Å². The van der Waals surface area contributed by atoms with E-state index in [4.69, 9.17) is 5.21 Å². The first-order chi connectivity index (χ1) is 7.40. The molecule has 0 saturated heterocycles. The van der Waals surface area contributed by atoms with Gasteiger partial charge in [-0.2, -0.15) is 5.10 Å². The van der Waals surface area contributed by atoms with Crippen molar-refractivity contribution in [3.63, 3.8) is 0 Å². The Labute approximate surface area is 86.1 Å². The fourth-order valence-electron chi connectivity index (χ4n) is 1.15. The smallest absolute Gasteiger partial charge is 0.182 e. The van der Waals surface area contributed by atoms with Crippen molar-refractivity contribution in [1.82, 2.24) is 15.2 Å². The molecule has 0 bridgehead atoms. The van der Waals surface area contributed by atoms with Gasteiger partial charge < -0.3 is 5.21 Å². The number of hydrogen-bond acceptors (Lipinski definition) is 5. The fraction of sp³-hybridized carbons (Fsp3) is 0. The highest BCUT2D eigenvalue weighted by Gasteiger charge is 2.01. The maximum atomic E-state index is 8.36. The highest BCUT2D eigenvalue weighted by molar-refractivity contribution is 5.76. The molecule has 1 aromatic carbocycles. The van der Waals surface area contributed by atoms with Gasteiger partial charge in [-0.15, -0.1) is 5.10 Å². The van der Waals surface area contributed by atoms with Crippen molar-refractivity contribution < 1.29 is 5.21 Å². The lowest BCUT2D eigenvalue weighted by Crippen LogP contribution is -1.96. The molecule has 0 saturated carbocycles. The molecule has 0 amide bonds. The summed E-state index contributed by atoms with van der Waals surface area (Å²) in [5.74, 6) is 0.507. The lowest BCUT2D eigenvalue weighted by atomic mass is 10.2. The summed E-state index contributed by atoms with van der Waals surface area (Å²) in [5.41, 5.74) is 1.34. The van der Waals surface area contributed by atoms with Crippen LogP contribution in [0.1, 0.15) is 5.69 Å². The zero-order valence-electron chi connectivity index (χ0n) is 7.78. The summed E-state index contributed by atoms with van der Waals surface area (Å²) < 4.78 is 0. The van der Waals surface area contributed by atoms with Gasteiger partial charge in [-0.3, -0.25) is 0 Å². The molecule has 0 aliphatic heterocycles. The molecule has 0 aliphatic rings. The molecule has 74 valence electrons. The summed E-state index contributed by atoms with van der Waals surface area (Å²) in [4.78, 5) is 4.15. The van der Waals surface area contributed by atoms with E-state index in [0.29, 0.717) is 11.5 Å². The molecule has 0 atom stereocenters. The third-order valence-corrected chi connectivity index (χ3v) is 1.80. The third-order valence-electron chi connectivity index (χ3n) is 1.80. The molecule has 1 heterocycles. The summed E-state index contributed by atoms with van der Waals surface area (Å²) in [6.45, 7) is 0. The minimum Gasteiger partial charge on any atom is -0.411 e. The van der Waals surface area contributed by atoms with Gasteiger partial charge in [-0.25, -0.2) is 4.98 Å². The SMILES string of the molecule is O/N=C/c1cnnc(-c2ccccc2)n1. The second-order valence-corrected chi connectivity index (χ2v) is 2.82. The third kappa shape index (κ3) is 2.14. The molecule has 0 aliphatic carbocycles. The van der Waals surface area contributed by atoms with E-state index < -0.39 is 0 Å². The minimum absolute atomic E-state index is 0.464.